The van der Waals surface area contributed by atoms with Crippen molar-refractivity contribution in [1.29, 1.82) is 5.26 Å². The number of alkyl halides is 3. The molecule has 0 amide bonds. The average molecular weight is 529 g/mol. The molecule has 0 saturated heterocycles. The summed E-state index contributed by atoms with van der Waals surface area (Å²) in [5.74, 6) is -0.000688. The van der Waals surface area contributed by atoms with E-state index < -0.39 is 36.6 Å². The van der Waals surface area contributed by atoms with E-state index in [9.17, 15) is 21.6 Å². The Morgan fingerprint density at radius 2 is 1.86 bits per heavy atom. The highest BCUT2D eigenvalue weighted by Crippen LogP contribution is 2.39. The van der Waals surface area contributed by atoms with E-state index in [1.165, 1.54) is 0 Å². The van der Waals surface area contributed by atoms with Gasteiger partial charge in [0.25, 0.3) is 0 Å². The fraction of sp³-hybridized carbons (Fsp3) is 0.133. The number of hydrogen-bond donors (Lipinski definition) is 1. The Morgan fingerprint density at radius 3 is 2.31 bits per heavy atom. The van der Waals surface area contributed by atoms with Crippen molar-refractivity contribution in [1.82, 2.24) is 19.7 Å². The van der Waals surface area contributed by atoms with Gasteiger partial charge in [-0.3, -0.25) is 0 Å². The van der Waals surface area contributed by atoms with Crippen molar-refractivity contribution in [2.75, 3.05) is 6.26 Å². The minimum Gasteiger partial charge on any atom is -0.331 e. The molecule has 0 bridgehead atoms. The molecule has 3 aromatic rings. The molecule has 7 nitrogen and oxygen atoms in total. The Balaban J connectivity index is 2.30. The summed E-state index contributed by atoms with van der Waals surface area (Å²) in [6, 6.07) is 3.04. The fourth-order valence-corrected chi connectivity index (χ4v) is 4.51. The predicted octanol–water partition coefficient (Wildman–Crippen LogP) is 4.63. The lowest BCUT2D eigenvalue weighted by Crippen LogP contribution is -2.11. The second-order valence-corrected chi connectivity index (χ2v) is 9.23. The minimum atomic E-state index is -4.70. The molecule has 0 aliphatic heterocycles. The number of nitriles is 1. The van der Waals surface area contributed by atoms with E-state index in [1.54, 1.807) is 6.07 Å². The summed E-state index contributed by atoms with van der Waals surface area (Å²) in [6.45, 7) is 0. The molecular formula is C15H7BrCl2F3N5O2S. The van der Waals surface area contributed by atoms with Gasteiger partial charge in [0.1, 0.15) is 22.2 Å². The number of rotatable bonds is 3. The number of nitrogens with zero attached hydrogens (tertiary/aromatic N) is 4. The van der Waals surface area contributed by atoms with Gasteiger partial charge in [-0.2, -0.15) is 23.5 Å². The maximum Gasteiger partial charge on any atom is 0.416 e. The highest BCUT2D eigenvalue weighted by molar-refractivity contribution is 9.10. The van der Waals surface area contributed by atoms with Crippen molar-refractivity contribution >= 4 is 49.0 Å². The first kappa shape index (κ1) is 21.6. The van der Waals surface area contributed by atoms with Crippen molar-refractivity contribution in [2.45, 2.75) is 11.2 Å². The SMILES string of the molecule is CS(=O)(=O)c1c(-c2nc(C#N)c(Br)[nH]2)cnn1-c1c(Cl)cc(C(F)(F)F)cc1Cl. The van der Waals surface area contributed by atoms with Crippen molar-refractivity contribution in [3.05, 3.63) is 44.2 Å². The molecule has 0 radical (unpaired) electrons. The molecular weight excluding hydrogens is 522 g/mol. The van der Waals surface area contributed by atoms with E-state index in [-0.39, 0.29) is 27.4 Å². The van der Waals surface area contributed by atoms with Crippen LogP contribution in [0.1, 0.15) is 11.3 Å². The lowest BCUT2D eigenvalue weighted by atomic mass is 10.2. The van der Waals surface area contributed by atoms with Crippen LogP contribution in [0.25, 0.3) is 17.1 Å². The van der Waals surface area contributed by atoms with Crippen LogP contribution < -0.4 is 0 Å². The average Bonchev–Trinajstić information content (AvgIpc) is 3.16. The van der Waals surface area contributed by atoms with Crippen molar-refractivity contribution < 1.29 is 21.6 Å². The van der Waals surface area contributed by atoms with E-state index >= 15 is 0 Å². The number of nitrogens with one attached hydrogen (secondary N) is 1. The number of H-pyrrole nitrogens is 1. The van der Waals surface area contributed by atoms with Gasteiger partial charge in [0.2, 0.25) is 0 Å². The van der Waals surface area contributed by atoms with Gasteiger partial charge in [0, 0.05) is 6.26 Å². The van der Waals surface area contributed by atoms with Crippen LogP contribution in [0.2, 0.25) is 10.0 Å². The maximum atomic E-state index is 13.0. The molecule has 29 heavy (non-hydrogen) atoms. The number of sulfone groups is 1. The van der Waals surface area contributed by atoms with Crippen LogP contribution in [0.15, 0.2) is 28.0 Å². The molecule has 1 N–H and O–H groups in total. The molecule has 0 fully saturated rings. The van der Waals surface area contributed by atoms with E-state index in [0.717, 1.165) is 17.1 Å². The largest absolute Gasteiger partial charge is 0.416 e. The number of benzene rings is 1. The third-order valence-corrected chi connectivity index (χ3v) is 5.90. The van der Waals surface area contributed by atoms with Crippen LogP contribution in [0.5, 0.6) is 0 Å². The summed E-state index contributed by atoms with van der Waals surface area (Å²) < 4.78 is 64.8. The molecule has 152 valence electrons. The van der Waals surface area contributed by atoms with Crippen LogP contribution in [-0.2, 0) is 16.0 Å². The molecule has 0 atom stereocenters. The zero-order chi connectivity index (χ0) is 21.7. The normalized spacial score (nSPS) is 12.2. The minimum absolute atomic E-state index is 0.000688. The first-order chi connectivity index (χ1) is 13.3. The number of hydrogen-bond acceptors (Lipinski definition) is 5. The Hall–Kier alpha value is -2.07. The standard InChI is InChI=1S/C15H7BrCl2F3N5O2S/c1-29(27,28)14-7(13-24-10(4-22)12(16)25-13)5-23-26(14)11-8(17)2-6(3-9(11)18)15(19,20)21/h2-3,5H,1H3,(H,24,25). The Kier molecular flexibility index (Phi) is 5.46. The molecule has 14 heteroatoms. The summed E-state index contributed by atoms with van der Waals surface area (Å²) in [5, 5.41) is 11.6. The topological polar surface area (TPSA) is 104 Å². The zero-order valence-corrected chi connectivity index (χ0v) is 17.9. The summed E-state index contributed by atoms with van der Waals surface area (Å²) in [5.41, 5.74) is -1.41. The first-order valence-corrected chi connectivity index (χ1v) is 10.8. The van der Waals surface area contributed by atoms with Crippen molar-refractivity contribution in [3.8, 4) is 23.1 Å². The first-order valence-electron chi connectivity index (χ1n) is 7.35. The van der Waals surface area contributed by atoms with Crippen molar-refractivity contribution in [3.63, 3.8) is 0 Å². The lowest BCUT2D eigenvalue weighted by Gasteiger charge is -2.14. The van der Waals surface area contributed by atoms with Crippen LogP contribution >= 0.6 is 39.1 Å². The van der Waals surface area contributed by atoms with Gasteiger partial charge < -0.3 is 4.98 Å². The molecule has 0 saturated carbocycles. The van der Waals surface area contributed by atoms with E-state index in [1.807, 2.05) is 0 Å². The molecule has 0 aliphatic rings. The molecule has 1 aromatic carbocycles. The number of imidazole rings is 1. The number of aromatic amines is 1. The van der Waals surface area contributed by atoms with Gasteiger partial charge in [0.05, 0.1) is 27.4 Å². The van der Waals surface area contributed by atoms with E-state index in [4.69, 9.17) is 28.5 Å². The quantitative estimate of drug-likeness (QED) is 0.534. The third-order valence-electron chi connectivity index (χ3n) is 3.65. The monoisotopic (exact) mass is 527 g/mol. The van der Waals surface area contributed by atoms with Crippen LogP contribution in [-0.4, -0.2) is 34.4 Å². The molecule has 2 aromatic heterocycles. The van der Waals surface area contributed by atoms with Crippen LogP contribution in [0.3, 0.4) is 0 Å². The highest BCUT2D eigenvalue weighted by Gasteiger charge is 2.33. The maximum absolute atomic E-state index is 13.0. The lowest BCUT2D eigenvalue weighted by molar-refractivity contribution is -0.137. The summed E-state index contributed by atoms with van der Waals surface area (Å²) in [4.78, 5) is 6.67. The van der Waals surface area contributed by atoms with Gasteiger partial charge in [0.15, 0.2) is 20.6 Å². The van der Waals surface area contributed by atoms with E-state index in [0.29, 0.717) is 12.1 Å². The Morgan fingerprint density at radius 1 is 1.28 bits per heavy atom. The molecule has 3 rings (SSSR count). The second-order valence-electron chi connectivity index (χ2n) is 5.69. The molecule has 0 spiro atoms. The smallest absolute Gasteiger partial charge is 0.331 e. The van der Waals surface area contributed by atoms with Gasteiger partial charge in [-0.1, -0.05) is 23.2 Å². The Labute approximate surface area is 180 Å². The summed E-state index contributed by atoms with van der Waals surface area (Å²) in [7, 11) is -4.00. The van der Waals surface area contributed by atoms with Crippen LogP contribution in [0, 0.1) is 11.3 Å². The van der Waals surface area contributed by atoms with Gasteiger partial charge in [-0.25, -0.2) is 18.1 Å². The number of halogens is 6. The fourth-order valence-electron chi connectivity index (χ4n) is 2.50. The van der Waals surface area contributed by atoms with Crippen LogP contribution in [0.4, 0.5) is 13.2 Å². The molecule has 2 heterocycles. The second kappa shape index (κ2) is 7.32. The third kappa shape index (κ3) is 4.00. The van der Waals surface area contributed by atoms with E-state index in [2.05, 4.69) is 31.0 Å². The van der Waals surface area contributed by atoms with Gasteiger partial charge in [-0.05, 0) is 28.1 Å². The number of aromatic nitrogens is 4. The Bertz CT molecular complexity index is 1260. The highest BCUT2D eigenvalue weighted by atomic mass is 79.9. The van der Waals surface area contributed by atoms with Gasteiger partial charge >= 0.3 is 6.18 Å². The molecule has 0 aliphatic carbocycles. The van der Waals surface area contributed by atoms with Gasteiger partial charge in [-0.15, -0.1) is 0 Å². The zero-order valence-electron chi connectivity index (χ0n) is 14.0. The van der Waals surface area contributed by atoms with Crippen molar-refractivity contribution in [2.24, 2.45) is 0 Å². The molecule has 0 unspecified atom stereocenters. The summed E-state index contributed by atoms with van der Waals surface area (Å²) >= 11 is 15.1. The predicted molar refractivity (Wildman–Crippen MR) is 102 cm³/mol. The summed E-state index contributed by atoms with van der Waals surface area (Å²) in [6.07, 6.45) is -2.71.